The number of hydrogen-bond acceptors (Lipinski definition) is 3. The summed E-state index contributed by atoms with van der Waals surface area (Å²) in [5.41, 5.74) is 1.26. The maximum atomic E-state index is 5.79. The van der Waals surface area contributed by atoms with Gasteiger partial charge in [-0.25, -0.2) is 0 Å². The molecule has 106 valence electrons. The average molecular weight is 263 g/mol. The van der Waals surface area contributed by atoms with Crippen molar-refractivity contribution in [2.45, 2.75) is 45.9 Å². The molecule has 0 saturated heterocycles. The van der Waals surface area contributed by atoms with Gasteiger partial charge in [0.1, 0.15) is 6.10 Å². The summed E-state index contributed by atoms with van der Waals surface area (Å²) in [6.45, 7) is 12.9. The molecule has 1 atom stereocenters. The maximum absolute atomic E-state index is 5.79. The molecule has 0 fully saturated rings. The lowest BCUT2D eigenvalue weighted by Crippen LogP contribution is -2.35. The van der Waals surface area contributed by atoms with Crippen molar-refractivity contribution in [3.8, 4) is 11.5 Å². The Labute approximate surface area is 116 Å². The molecule has 19 heavy (non-hydrogen) atoms. The van der Waals surface area contributed by atoms with Gasteiger partial charge in [-0.2, -0.15) is 0 Å². The summed E-state index contributed by atoms with van der Waals surface area (Å²) in [5, 5.41) is 3.45. The number of nitrogens with one attached hydrogen (secondary N) is 1. The van der Waals surface area contributed by atoms with Crippen LogP contribution < -0.4 is 14.8 Å². The van der Waals surface area contributed by atoms with Crippen molar-refractivity contribution < 1.29 is 9.47 Å². The number of ether oxygens (including phenoxy) is 2. The minimum absolute atomic E-state index is 0.0419. The Morgan fingerprint density at radius 1 is 1.32 bits per heavy atom. The van der Waals surface area contributed by atoms with Crippen molar-refractivity contribution in [1.82, 2.24) is 5.32 Å². The third-order valence-electron chi connectivity index (χ3n) is 2.70. The highest BCUT2D eigenvalue weighted by Crippen LogP contribution is 2.29. The van der Waals surface area contributed by atoms with Crippen molar-refractivity contribution >= 4 is 0 Å². The predicted molar refractivity (Wildman–Crippen MR) is 79.9 cm³/mol. The highest BCUT2D eigenvalue weighted by molar-refractivity contribution is 5.43. The molecule has 0 aliphatic heterocycles. The molecular weight excluding hydrogens is 238 g/mol. The molecule has 0 aliphatic rings. The van der Waals surface area contributed by atoms with Gasteiger partial charge in [0.05, 0.1) is 7.11 Å². The van der Waals surface area contributed by atoms with Crippen LogP contribution >= 0.6 is 0 Å². The normalized spacial score (nSPS) is 12.9. The van der Waals surface area contributed by atoms with Crippen LogP contribution in [0.1, 0.15) is 33.3 Å². The highest BCUT2D eigenvalue weighted by atomic mass is 16.5. The number of benzene rings is 1. The lowest BCUT2D eigenvalue weighted by Gasteiger charge is -2.21. The van der Waals surface area contributed by atoms with Gasteiger partial charge in [0.15, 0.2) is 11.5 Å². The Morgan fingerprint density at radius 3 is 2.53 bits per heavy atom. The number of hydrogen-bond donors (Lipinski definition) is 1. The Hall–Kier alpha value is -1.48. The monoisotopic (exact) mass is 263 g/mol. The molecule has 0 heterocycles. The van der Waals surface area contributed by atoms with Gasteiger partial charge in [-0.3, -0.25) is 0 Å². The lowest BCUT2D eigenvalue weighted by molar-refractivity contribution is 0.254. The molecule has 3 nitrogen and oxygen atoms in total. The molecule has 0 aliphatic carbocycles. The topological polar surface area (TPSA) is 30.5 Å². The Balaban J connectivity index is 2.85. The molecule has 0 saturated carbocycles. The SMILES string of the molecule is C=CC(C)Oc1cc(CNC(C)(C)C)ccc1OC. The minimum atomic E-state index is -0.0419. The molecular formula is C16H25NO2. The Kier molecular flexibility index (Phi) is 5.43. The summed E-state index contributed by atoms with van der Waals surface area (Å²) in [6, 6.07) is 5.99. The van der Waals surface area contributed by atoms with Gasteiger partial charge in [0.2, 0.25) is 0 Å². The van der Waals surface area contributed by atoms with E-state index < -0.39 is 0 Å². The van der Waals surface area contributed by atoms with E-state index in [1.807, 2.05) is 25.1 Å². The summed E-state index contributed by atoms with van der Waals surface area (Å²) in [7, 11) is 1.65. The number of rotatable bonds is 6. The molecule has 1 aromatic carbocycles. The average Bonchev–Trinajstić information content (AvgIpc) is 2.35. The van der Waals surface area contributed by atoms with Gasteiger partial charge in [-0.1, -0.05) is 18.7 Å². The molecule has 3 heteroatoms. The van der Waals surface area contributed by atoms with Crippen LogP contribution in [0.3, 0.4) is 0 Å². The van der Waals surface area contributed by atoms with Gasteiger partial charge >= 0.3 is 0 Å². The highest BCUT2D eigenvalue weighted by Gasteiger charge is 2.11. The third-order valence-corrected chi connectivity index (χ3v) is 2.70. The zero-order chi connectivity index (χ0) is 14.5. The molecule has 0 aromatic heterocycles. The van der Waals surface area contributed by atoms with Crippen molar-refractivity contribution in [3.63, 3.8) is 0 Å². The first-order valence-electron chi connectivity index (χ1n) is 6.57. The van der Waals surface area contributed by atoms with Crippen molar-refractivity contribution in [3.05, 3.63) is 36.4 Å². The first-order chi connectivity index (χ1) is 8.85. The molecule has 0 radical (unpaired) electrons. The summed E-state index contributed by atoms with van der Waals surface area (Å²) in [4.78, 5) is 0. The summed E-state index contributed by atoms with van der Waals surface area (Å²) < 4.78 is 11.1. The summed E-state index contributed by atoms with van der Waals surface area (Å²) in [5.74, 6) is 1.50. The van der Waals surface area contributed by atoms with Gasteiger partial charge in [-0.15, -0.1) is 0 Å². The Bertz CT molecular complexity index is 421. The van der Waals surface area contributed by atoms with Crippen LogP contribution in [0.25, 0.3) is 0 Å². The molecule has 1 rings (SSSR count). The molecule has 1 unspecified atom stereocenters. The van der Waals surface area contributed by atoms with E-state index in [-0.39, 0.29) is 11.6 Å². The van der Waals surface area contributed by atoms with Crippen LogP contribution in [0, 0.1) is 0 Å². The van der Waals surface area contributed by atoms with E-state index in [0.717, 1.165) is 18.0 Å². The second-order valence-electron chi connectivity index (χ2n) is 5.65. The van der Waals surface area contributed by atoms with Crippen LogP contribution in [0.2, 0.25) is 0 Å². The fourth-order valence-corrected chi connectivity index (χ4v) is 1.54. The molecule has 1 aromatic rings. The zero-order valence-electron chi connectivity index (χ0n) is 12.6. The van der Waals surface area contributed by atoms with Crippen molar-refractivity contribution in [1.29, 1.82) is 0 Å². The maximum Gasteiger partial charge on any atom is 0.162 e. The van der Waals surface area contributed by atoms with E-state index in [9.17, 15) is 0 Å². The second-order valence-corrected chi connectivity index (χ2v) is 5.65. The largest absolute Gasteiger partial charge is 0.493 e. The van der Waals surface area contributed by atoms with Gasteiger partial charge in [0.25, 0.3) is 0 Å². The summed E-state index contributed by atoms with van der Waals surface area (Å²) in [6.07, 6.45) is 1.72. The third kappa shape index (κ3) is 5.35. The molecule has 0 amide bonds. The van der Waals surface area contributed by atoms with E-state index in [1.165, 1.54) is 5.56 Å². The number of methoxy groups -OCH3 is 1. The van der Waals surface area contributed by atoms with Crippen molar-refractivity contribution in [2.24, 2.45) is 0 Å². The van der Waals surface area contributed by atoms with Crippen LogP contribution in [-0.2, 0) is 6.54 Å². The standard InChI is InChI=1S/C16H25NO2/c1-7-12(2)19-15-10-13(8-9-14(15)18-6)11-17-16(3,4)5/h7-10,12,17H,1,11H2,2-6H3. The van der Waals surface area contributed by atoms with Gasteiger partial charge in [-0.05, 0) is 45.4 Å². The molecule has 1 N–H and O–H groups in total. The zero-order valence-corrected chi connectivity index (χ0v) is 12.6. The van der Waals surface area contributed by atoms with Gasteiger partial charge in [0, 0.05) is 12.1 Å². The Morgan fingerprint density at radius 2 is 2.00 bits per heavy atom. The first-order valence-corrected chi connectivity index (χ1v) is 6.57. The lowest BCUT2D eigenvalue weighted by atomic mass is 10.1. The quantitative estimate of drug-likeness (QED) is 0.796. The van der Waals surface area contributed by atoms with Gasteiger partial charge < -0.3 is 14.8 Å². The predicted octanol–water partition coefficient (Wildman–Crippen LogP) is 3.54. The second kappa shape index (κ2) is 6.62. The molecule has 0 spiro atoms. The fraction of sp³-hybridized carbons (Fsp3) is 0.500. The van der Waals surface area contributed by atoms with Crippen molar-refractivity contribution in [2.75, 3.05) is 7.11 Å². The van der Waals surface area contributed by atoms with Crippen LogP contribution in [0.4, 0.5) is 0 Å². The first kappa shape index (κ1) is 15.6. The van der Waals surface area contributed by atoms with E-state index in [4.69, 9.17) is 9.47 Å². The van der Waals surface area contributed by atoms with E-state index in [0.29, 0.717) is 0 Å². The van der Waals surface area contributed by atoms with Crippen LogP contribution in [-0.4, -0.2) is 18.8 Å². The van der Waals surface area contributed by atoms with Crippen LogP contribution in [0.15, 0.2) is 30.9 Å². The van der Waals surface area contributed by atoms with E-state index in [2.05, 4.69) is 32.7 Å². The molecule has 0 bridgehead atoms. The summed E-state index contributed by atoms with van der Waals surface area (Å²) >= 11 is 0. The van der Waals surface area contributed by atoms with E-state index in [1.54, 1.807) is 13.2 Å². The minimum Gasteiger partial charge on any atom is -0.493 e. The smallest absolute Gasteiger partial charge is 0.162 e. The van der Waals surface area contributed by atoms with E-state index >= 15 is 0 Å². The van der Waals surface area contributed by atoms with Crippen LogP contribution in [0.5, 0.6) is 11.5 Å². The fourth-order valence-electron chi connectivity index (χ4n) is 1.54.